The van der Waals surface area contributed by atoms with E-state index in [4.69, 9.17) is 18.9 Å². The fourth-order valence-electron chi connectivity index (χ4n) is 3.94. The molecule has 2 amide bonds. The van der Waals surface area contributed by atoms with Gasteiger partial charge in [0.1, 0.15) is 23.0 Å². The molecule has 8 nitrogen and oxygen atoms in total. The lowest BCUT2D eigenvalue weighted by Gasteiger charge is -2.22. The molecule has 0 fully saturated rings. The van der Waals surface area contributed by atoms with Crippen molar-refractivity contribution in [3.63, 3.8) is 0 Å². The second kappa shape index (κ2) is 10.4. The van der Waals surface area contributed by atoms with E-state index in [2.05, 4.69) is 5.32 Å². The Kier molecular flexibility index (Phi) is 7.10. The van der Waals surface area contributed by atoms with Crippen LogP contribution in [-0.2, 0) is 17.9 Å². The van der Waals surface area contributed by atoms with Gasteiger partial charge in [-0.2, -0.15) is 0 Å². The second-order valence-electron chi connectivity index (χ2n) is 8.18. The van der Waals surface area contributed by atoms with Gasteiger partial charge in [0.05, 0.1) is 21.3 Å². The summed E-state index contributed by atoms with van der Waals surface area (Å²) in [5.41, 5.74) is 2.73. The lowest BCUT2D eigenvalue weighted by molar-refractivity contribution is -0.138. The summed E-state index contributed by atoms with van der Waals surface area (Å²) in [6.07, 6.45) is -0.633. The molecular formula is C27H28N2O6. The zero-order chi connectivity index (χ0) is 24.9. The van der Waals surface area contributed by atoms with Gasteiger partial charge in [0.25, 0.3) is 11.8 Å². The van der Waals surface area contributed by atoms with E-state index in [0.29, 0.717) is 41.6 Å². The lowest BCUT2D eigenvalue weighted by atomic mass is 10.1. The molecule has 182 valence electrons. The minimum atomic E-state index is -0.633. The van der Waals surface area contributed by atoms with Crippen LogP contribution in [0.3, 0.4) is 0 Å². The number of rotatable bonds is 7. The molecule has 1 aliphatic heterocycles. The van der Waals surface area contributed by atoms with Gasteiger partial charge in [-0.15, -0.1) is 0 Å². The van der Waals surface area contributed by atoms with Gasteiger partial charge in [0.2, 0.25) is 0 Å². The van der Waals surface area contributed by atoms with Crippen LogP contribution in [0.1, 0.15) is 28.4 Å². The number of hydrogen-bond donors (Lipinski definition) is 1. The maximum Gasteiger partial charge on any atom is 0.263 e. The molecule has 1 heterocycles. The standard InChI is InChI=1S/C27H28N2O6/c1-17-27(31)29(15-18-6-5-7-22(10-18)32-2)16-20-11-21(8-9-25(20)35-17)28-26(30)19-12-23(33-3)14-24(13-19)34-4/h5-14,17H,15-16H2,1-4H3,(H,28,30). The van der Waals surface area contributed by atoms with Crippen molar-refractivity contribution >= 4 is 17.5 Å². The molecule has 0 saturated heterocycles. The first-order valence-corrected chi connectivity index (χ1v) is 11.2. The van der Waals surface area contributed by atoms with Gasteiger partial charge in [0.15, 0.2) is 6.10 Å². The molecule has 3 aromatic carbocycles. The molecule has 4 rings (SSSR count). The third kappa shape index (κ3) is 5.48. The number of nitrogens with zero attached hydrogens (tertiary/aromatic N) is 1. The number of ether oxygens (including phenoxy) is 4. The van der Waals surface area contributed by atoms with E-state index in [-0.39, 0.29) is 11.8 Å². The number of benzene rings is 3. The number of fused-ring (bicyclic) bond motifs is 1. The van der Waals surface area contributed by atoms with Crippen molar-refractivity contribution in [3.8, 4) is 23.0 Å². The molecule has 8 heteroatoms. The van der Waals surface area contributed by atoms with Gasteiger partial charge in [-0.1, -0.05) is 12.1 Å². The molecule has 3 aromatic rings. The predicted octanol–water partition coefficient (Wildman–Crippen LogP) is 4.27. The Morgan fingerprint density at radius 2 is 1.69 bits per heavy atom. The Balaban J connectivity index is 1.57. The molecular weight excluding hydrogens is 448 g/mol. The van der Waals surface area contributed by atoms with Gasteiger partial charge in [0, 0.05) is 36.0 Å². The van der Waals surface area contributed by atoms with E-state index in [1.807, 2.05) is 30.3 Å². The van der Waals surface area contributed by atoms with E-state index in [1.54, 1.807) is 49.3 Å². The minimum absolute atomic E-state index is 0.113. The van der Waals surface area contributed by atoms with Crippen molar-refractivity contribution in [1.29, 1.82) is 0 Å². The number of amides is 2. The molecule has 0 saturated carbocycles. The van der Waals surface area contributed by atoms with Crippen molar-refractivity contribution in [2.45, 2.75) is 26.1 Å². The van der Waals surface area contributed by atoms with Crippen molar-refractivity contribution < 1.29 is 28.5 Å². The summed E-state index contributed by atoms with van der Waals surface area (Å²) in [5.74, 6) is 1.96. The van der Waals surface area contributed by atoms with Gasteiger partial charge in [-0.3, -0.25) is 9.59 Å². The number of anilines is 1. The van der Waals surface area contributed by atoms with Crippen molar-refractivity contribution in [3.05, 3.63) is 77.4 Å². The van der Waals surface area contributed by atoms with E-state index in [0.717, 1.165) is 16.9 Å². The fourth-order valence-corrected chi connectivity index (χ4v) is 3.94. The summed E-state index contributed by atoms with van der Waals surface area (Å²) >= 11 is 0. The zero-order valence-electron chi connectivity index (χ0n) is 20.2. The summed E-state index contributed by atoms with van der Waals surface area (Å²) in [7, 11) is 4.67. The highest BCUT2D eigenvalue weighted by Crippen LogP contribution is 2.30. The van der Waals surface area contributed by atoms with Crippen molar-refractivity contribution in [2.75, 3.05) is 26.6 Å². The van der Waals surface area contributed by atoms with Gasteiger partial charge in [-0.05, 0) is 55.0 Å². The van der Waals surface area contributed by atoms with Gasteiger partial charge in [-0.25, -0.2) is 0 Å². The van der Waals surface area contributed by atoms with Crippen LogP contribution in [0.2, 0.25) is 0 Å². The van der Waals surface area contributed by atoms with Crippen LogP contribution < -0.4 is 24.3 Å². The highest BCUT2D eigenvalue weighted by molar-refractivity contribution is 6.05. The SMILES string of the molecule is COc1cccc(CN2Cc3cc(NC(=O)c4cc(OC)cc(OC)c4)ccc3OC(C)C2=O)c1. The molecule has 0 aromatic heterocycles. The topological polar surface area (TPSA) is 86.3 Å². The van der Waals surface area contributed by atoms with Crippen LogP contribution >= 0.6 is 0 Å². The summed E-state index contributed by atoms with van der Waals surface area (Å²) in [6.45, 7) is 2.48. The Hall–Kier alpha value is -4.20. The van der Waals surface area contributed by atoms with Crippen molar-refractivity contribution in [2.24, 2.45) is 0 Å². The largest absolute Gasteiger partial charge is 0.497 e. The predicted molar refractivity (Wildman–Crippen MR) is 131 cm³/mol. The normalized spacial score (nSPS) is 14.9. The van der Waals surface area contributed by atoms with E-state index in [9.17, 15) is 9.59 Å². The fraction of sp³-hybridized carbons (Fsp3) is 0.259. The number of nitrogens with one attached hydrogen (secondary N) is 1. The first-order chi connectivity index (χ1) is 16.9. The Labute approximate surface area is 204 Å². The second-order valence-corrected chi connectivity index (χ2v) is 8.18. The summed E-state index contributed by atoms with van der Waals surface area (Å²) < 4.78 is 21.8. The zero-order valence-corrected chi connectivity index (χ0v) is 20.2. The molecule has 1 atom stereocenters. The summed E-state index contributed by atoms with van der Waals surface area (Å²) in [5, 5.41) is 2.91. The molecule has 35 heavy (non-hydrogen) atoms. The number of methoxy groups -OCH3 is 3. The maximum atomic E-state index is 13.0. The smallest absolute Gasteiger partial charge is 0.263 e. The number of carbonyl (C=O) groups is 2. The monoisotopic (exact) mass is 476 g/mol. The quantitative estimate of drug-likeness (QED) is 0.548. The average molecular weight is 477 g/mol. The molecule has 0 spiro atoms. The molecule has 1 aliphatic rings. The van der Waals surface area contributed by atoms with Crippen LogP contribution in [0.15, 0.2) is 60.7 Å². The van der Waals surface area contributed by atoms with E-state index >= 15 is 0 Å². The average Bonchev–Trinajstić information content (AvgIpc) is 2.99. The van der Waals surface area contributed by atoms with Gasteiger partial charge >= 0.3 is 0 Å². The Morgan fingerprint density at radius 3 is 2.37 bits per heavy atom. The minimum Gasteiger partial charge on any atom is -0.497 e. The maximum absolute atomic E-state index is 13.0. The number of hydrogen-bond acceptors (Lipinski definition) is 6. The molecule has 0 aliphatic carbocycles. The molecule has 1 N–H and O–H groups in total. The third-order valence-corrected chi connectivity index (χ3v) is 5.76. The number of carbonyl (C=O) groups excluding carboxylic acids is 2. The first kappa shape index (κ1) is 23.9. The first-order valence-electron chi connectivity index (χ1n) is 11.2. The van der Waals surface area contributed by atoms with E-state index in [1.165, 1.54) is 14.2 Å². The lowest BCUT2D eigenvalue weighted by Crippen LogP contribution is -2.37. The molecule has 0 bridgehead atoms. The highest BCUT2D eigenvalue weighted by Gasteiger charge is 2.28. The van der Waals surface area contributed by atoms with Crippen LogP contribution in [0.25, 0.3) is 0 Å². The van der Waals surface area contributed by atoms with Crippen LogP contribution in [-0.4, -0.2) is 44.1 Å². The van der Waals surface area contributed by atoms with Crippen molar-refractivity contribution in [1.82, 2.24) is 4.90 Å². The Bertz CT molecular complexity index is 1220. The summed E-state index contributed by atoms with van der Waals surface area (Å²) in [4.78, 5) is 27.7. The third-order valence-electron chi connectivity index (χ3n) is 5.76. The summed E-state index contributed by atoms with van der Waals surface area (Å²) in [6, 6.07) is 17.9. The van der Waals surface area contributed by atoms with Crippen LogP contribution in [0.4, 0.5) is 5.69 Å². The Morgan fingerprint density at radius 1 is 0.971 bits per heavy atom. The van der Waals surface area contributed by atoms with Gasteiger partial charge < -0.3 is 29.2 Å². The van der Waals surface area contributed by atoms with Crippen LogP contribution in [0, 0.1) is 0 Å². The molecule has 1 unspecified atom stereocenters. The van der Waals surface area contributed by atoms with Crippen LogP contribution in [0.5, 0.6) is 23.0 Å². The highest BCUT2D eigenvalue weighted by atomic mass is 16.5. The van der Waals surface area contributed by atoms with E-state index < -0.39 is 6.10 Å². The molecule has 0 radical (unpaired) electrons.